The maximum absolute atomic E-state index is 10.2. The molecule has 0 aromatic rings. The second-order valence-electron chi connectivity index (χ2n) is 4.25. The smallest absolute Gasteiger partial charge is 0.381 e. The fraction of sp³-hybridized carbons (Fsp3) is 0.727. The predicted molar refractivity (Wildman–Crippen MR) is 49.0 cm³/mol. The highest BCUT2D eigenvalue weighted by Gasteiger charge is 2.38. The lowest BCUT2D eigenvalue weighted by Crippen LogP contribution is -2.09. The van der Waals surface area contributed by atoms with Gasteiger partial charge in [-0.25, -0.2) is 4.79 Å². The molecule has 2 heteroatoms. The Kier molecular flexibility index (Phi) is 2.26. The molecule has 2 fully saturated rings. The van der Waals surface area contributed by atoms with Crippen molar-refractivity contribution in [3.8, 4) is 11.8 Å². The Bertz CT molecular complexity index is 272. The van der Waals surface area contributed by atoms with Gasteiger partial charge in [-0.2, -0.15) is 0 Å². The van der Waals surface area contributed by atoms with Crippen molar-refractivity contribution < 1.29 is 9.90 Å². The largest absolute Gasteiger partial charge is 0.472 e. The standard InChI is InChI=1S/C11H14O2/c12-11(13)3-1-2-9-6-8-4-5-10(9)7-8/h8-10H,2,4-7H2,(H,12,13). The van der Waals surface area contributed by atoms with Gasteiger partial charge in [-0.3, -0.25) is 0 Å². The molecule has 2 aliphatic carbocycles. The van der Waals surface area contributed by atoms with Crippen molar-refractivity contribution in [2.45, 2.75) is 32.1 Å². The van der Waals surface area contributed by atoms with Crippen LogP contribution in [0.25, 0.3) is 0 Å². The minimum atomic E-state index is -0.997. The van der Waals surface area contributed by atoms with Crippen LogP contribution in [-0.2, 0) is 4.79 Å². The number of hydrogen-bond acceptors (Lipinski definition) is 1. The number of fused-ring (bicyclic) bond motifs is 2. The fourth-order valence-corrected chi connectivity index (χ4v) is 2.88. The molecule has 1 N–H and O–H groups in total. The average Bonchev–Trinajstić information content (AvgIpc) is 2.64. The lowest BCUT2D eigenvalue weighted by atomic mass is 9.87. The highest BCUT2D eigenvalue weighted by Crippen LogP contribution is 2.49. The molecule has 2 aliphatic rings. The first-order valence-corrected chi connectivity index (χ1v) is 4.97. The van der Waals surface area contributed by atoms with Crippen molar-refractivity contribution in [3.05, 3.63) is 0 Å². The summed E-state index contributed by atoms with van der Waals surface area (Å²) in [7, 11) is 0. The van der Waals surface area contributed by atoms with Crippen LogP contribution in [0.15, 0.2) is 0 Å². The minimum absolute atomic E-state index is 0.700. The number of hydrogen-bond donors (Lipinski definition) is 1. The van der Waals surface area contributed by atoms with E-state index in [1.54, 1.807) is 0 Å². The second-order valence-corrected chi connectivity index (χ2v) is 4.25. The Morgan fingerprint density at radius 3 is 2.77 bits per heavy atom. The van der Waals surface area contributed by atoms with Crippen LogP contribution in [0, 0.1) is 29.6 Å². The van der Waals surface area contributed by atoms with Gasteiger partial charge in [0.25, 0.3) is 0 Å². The molecule has 0 radical (unpaired) electrons. The van der Waals surface area contributed by atoms with Crippen molar-refractivity contribution in [2.75, 3.05) is 0 Å². The lowest BCUT2D eigenvalue weighted by molar-refractivity contribution is -0.130. The van der Waals surface area contributed by atoms with Crippen LogP contribution >= 0.6 is 0 Å². The molecular weight excluding hydrogens is 164 g/mol. The molecule has 3 atom stereocenters. The van der Waals surface area contributed by atoms with Crippen LogP contribution in [0.3, 0.4) is 0 Å². The summed E-state index contributed by atoms with van der Waals surface area (Å²) in [5.74, 6) is 6.45. The fourth-order valence-electron chi connectivity index (χ4n) is 2.88. The van der Waals surface area contributed by atoms with Gasteiger partial charge in [0.15, 0.2) is 0 Å². The second kappa shape index (κ2) is 3.41. The van der Waals surface area contributed by atoms with Gasteiger partial charge in [-0.05, 0) is 37.0 Å². The first kappa shape index (κ1) is 8.62. The first-order chi connectivity index (χ1) is 6.25. The zero-order valence-electron chi connectivity index (χ0n) is 7.62. The van der Waals surface area contributed by atoms with Crippen LogP contribution < -0.4 is 0 Å². The average molecular weight is 178 g/mol. The minimum Gasteiger partial charge on any atom is -0.472 e. The van der Waals surface area contributed by atoms with Gasteiger partial charge in [0.05, 0.1) is 0 Å². The highest BCUT2D eigenvalue weighted by atomic mass is 16.4. The Morgan fingerprint density at radius 2 is 2.23 bits per heavy atom. The van der Waals surface area contributed by atoms with E-state index in [2.05, 4.69) is 11.8 Å². The van der Waals surface area contributed by atoms with Gasteiger partial charge in [-0.15, -0.1) is 0 Å². The third kappa shape index (κ3) is 1.85. The molecule has 2 nitrogen and oxygen atoms in total. The number of carboxylic acid groups (broad SMARTS) is 1. The molecule has 13 heavy (non-hydrogen) atoms. The van der Waals surface area contributed by atoms with Gasteiger partial charge < -0.3 is 5.11 Å². The molecule has 2 bridgehead atoms. The summed E-state index contributed by atoms with van der Waals surface area (Å²) in [4.78, 5) is 10.2. The van der Waals surface area contributed by atoms with Gasteiger partial charge in [0.1, 0.15) is 0 Å². The van der Waals surface area contributed by atoms with Crippen molar-refractivity contribution >= 4 is 5.97 Å². The number of carbonyl (C=O) groups is 1. The van der Waals surface area contributed by atoms with Gasteiger partial charge in [0, 0.05) is 12.3 Å². The summed E-state index contributed by atoms with van der Waals surface area (Å²) in [5.41, 5.74) is 0. The summed E-state index contributed by atoms with van der Waals surface area (Å²) in [6.45, 7) is 0. The third-order valence-electron chi connectivity index (χ3n) is 3.44. The summed E-state index contributed by atoms with van der Waals surface area (Å²) >= 11 is 0. The summed E-state index contributed by atoms with van der Waals surface area (Å²) < 4.78 is 0. The van der Waals surface area contributed by atoms with E-state index in [0.29, 0.717) is 5.92 Å². The van der Waals surface area contributed by atoms with E-state index in [1.807, 2.05) is 0 Å². The molecule has 70 valence electrons. The Labute approximate surface area is 78.3 Å². The van der Waals surface area contributed by atoms with Crippen molar-refractivity contribution in [1.29, 1.82) is 0 Å². The maximum atomic E-state index is 10.2. The van der Waals surface area contributed by atoms with Crippen molar-refractivity contribution in [1.82, 2.24) is 0 Å². The van der Waals surface area contributed by atoms with Crippen LogP contribution in [0.5, 0.6) is 0 Å². The number of rotatable bonds is 1. The Balaban J connectivity index is 1.84. The zero-order valence-corrected chi connectivity index (χ0v) is 7.62. The molecule has 2 rings (SSSR count). The molecular formula is C11H14O2. The SMILES string of the molecule is O=C(O)C#CCC1CC2CCC1C2. The van der Waals surface area contributed by atoms with Gasteiger partial charge in [-0.1, -0.05) is 12.3 Å². The Morgan fingerprint density at radius 1 is 1.38 bits per heavy atom. The van der Waals surface area contributed by atoms with Crippen LogP contribution in [0.4, 0.5) is 0 Å². The monoisotopic (exact) mass is 178 g/mol. The molecule has 0 aromatic carbocycles. The predicted octanol–water partition coefficient (Wildman–Crippen LogP) is 1.90. The molecule has 0 aliphatic heterocycles. The highest BCUT2D eigenvalue weighted by molar-refractivity contribution is 5.86. The van der Waals surface area contributed by atoms with E-state index in [1.165, 1.54) is 25.7 Å². The van der Waals surface area contributed by atoms with E-state index >= 15 is 0 Å². The quantitative estimate of drug-likeness (QED) is 0.623. The molecule has 0 aromatic heterocycles. The topological polar surface area (TPSA) is 37.3 Å². The molecule has 2 saturated carbocycles. The summed E-state index contributed by atoms with van der Waals surface area (Å²) in [5, 5.41) is 8.35. The van der Waals surface area contributed by atoms with Crippen molar-refractivity contribution in [2.24, 2.45) is 17.8 Å². The van der Waals surface area contributed by atoms with E-state index in [0.717, 1.165) is 18.3 Å². The van der Waals surface area contributed by atoms with E-state index < -0.39 is 5.97 Å². The Hall–Kier alpha value is -0.970. The van der Waals surface area contributed by atoms with Gasteiger partial charge in [0.2, 0.25) is 0 Å². The number of carboxylic acids is 1. The van der Waals surface area contributed by atoms with Crippen LogP contribution in [0.2, 0.25) is 0 Å². The molecule has 0 amide bonds. The van der Waals surface area contributed by atoms with E-state index in [-0.39, 0.29) is 0 Å². The summed E-state index contributed by atoms with van der Waals surface area (Å²) in [6.07, 6.45) is 6.21. The maximum Gasteiger partial charge on any atom is 0.381 e. The first-order valence-electron chi connectivity index (χ1n) is 4.97. The normalized spacial score (nSPS) is 35.5. The number of aliphatic carboxylic acids is 1. The molecule has 3 unspecified atom stereocenters. The zero-order chi connectivity index (χ0) is 9.26. The lowest BCUT2D eigenvalue weighted by Gasteiger charge is -2.18. The summed E-state index contributed by atoms with van der Waals surface area (Å²) in [6, 6.07) is 0. The van der Waals surface area contributed by atoms with Crippen molar-refractivity contribution in [3.63, 3.8) is 0 Å². The van der Waals surface area contributed by atoms with Crippen LogP contribution in [-0.4, -0.2) is 11.1 Å². The van der Waals surface area contributed by atoms with E-state index in [9.17, 15) is 4.79 Å². The third-order valence-corrected chi connectivity index (χ3v) is 3.44. The van der Waals surface area contributed by atoms with E-state index in [4.69, 9.17) is 5.11 Å². The molecule has 0 saturated heterocycles. The molecule has 0 heterocycles. The van der Waals surface area contributed by atoms with Crippen LogP contribution in [0.1, 0.15) is 32.1 Å². The van der Waals surface area contributed by atoms with Gasteiger partial charge >= 0.3 is 5.97 Å². The molecule has 0 spiro atoms.